The standard InChI is InChI=1S/C16H22N4O3S.ClH/c17-12-7-10-20(11-8-12)15(21)6-3-9-18-16-13-4-1-2-5-14(13)24(22,23)19-16;/h1-2,4-5,12H,3,6-11,17H2,(H,18,19);1H. The van der Waals surface area contributed by atoms with Crippen LogP contribution >= 0.6 is 12.4 Å². The van der Waals surface area contributed by atoms with Crippen molar-refractivity contribution in [2.45, 2.75) is 36.6 Å². The first-order valence-corrected chi connectivity index (χ1v) is 9.66. The number of hydrogen-bond donors (Lipinski definition) is 2. The van der Waals surface area contributed by atoms with E-state index in [1.54, 1.807) is 24.3 Å². The third-order valence-electron chi connectivity index (χ3n) is 4.37. The zero-order chi connectivity index (χ0) is 17.2. The summed E-state index contributed by atoms with van der Waals surface area (Å²) in [5.74, 6) is 0.483. The Kier molecular flexibility index (Phi) is 6.42. The molecule has 1 fully saturated rings. The average Bonchev–Trinajstić information content (AvgIpc) is 2.83. The number of carbonyl (C=O) groups excluding carboxylic acids is 1. The molecular weight excluding hydrogens is 364 g/mol. The number of carbonyl (C=O) groups is 1. The Bertz CT molecular complexity index is 758. The van der Waals surface area contributed by atoms with E-state index < -0.39 is 10.0 Å². The van der Waals surface area contributed by atoms with Gasteiger partial charge in [-0.25, -0.2) is 8.42 Å². The Morgan fingerprint density at radius 1 is 1.28 bits per heavy atom. The molecule has 1 amide bonds. The first-order valence-electron chi connectivity index (χ1n) is 8.17. The van der Waals surface area contributed by atoms with Crippen LogP contribution in [0.2, 0.25) is 0 Å². The molecule has 0 atom stereocenters. The van der Waals surface area contributed by atoms with E-state index in [1.165, 1.54) is 0 Å². The minimum Gasteiger partial charge on any atom is -0.343 e. The zero-order valence-corrected chi connectivity index (χ0v) is 15.5. The van der Waals surface area contributed by atoms with Gasteiger partial charge in [0.2, 0.25) is 5.91 Å². The molecule has 25 heavy (non-hydrogen) atoms. The maximum Gasteiger partial charge on any atom is 0.263 e. The average molecular weight is 387 g/mol. The SMILES string of the molecule is Cl.NC1CCN(C(=O)CCCN=C2NS(=O)(=O)c3ccccc32)CC1. The van der Waals surface area contributed by atoms with Gasteiger partial charge in [-0.1, -0.05) is 12.1 Å². The van der Waals surface area contributed by atoms with E-state index in [2.05, 4.69) is 9.71 Å². The van der Waals surface area contributed by atoms with Gasteiger partial charge in [-0.05, 0) is 31.4 Å². The molecule has 3 rings (SSSR count). The van der Waals surface area contributed by atoms with Crippen molar-refractivity contribution < 1.29 is 13.2 Å². The molecule has 138 valence electrons. The quantitative estimate of drug-likeness (QED) is 0.749. The number of amidine groups is 1. The number of benzene rings is 1. The molecule has 1 saturated heterocycles. The molecule has 2 heterocycles. The van der Waals surface area contributed by atoms with Crippen molar-refractivity contribution in [2.75, 3.05) is 19.6 Å². The van der Waals surface area contributed by atoms with Crippen molar-refractivity contribution in [3.05, 3.63) is 29.8 Å². The maximum absolute atomic E-state index is 12.1. The van der Waals surface area contributed by atoms with Crippen LogP contribution in [0.25, 0.3) is 0 Å². The third-order valence-corrected chi connectivity index (χ3v) is 5.77. The normalized spacial score (nSPS) is 20.7. The van der Waals surface area contributed by atoms with Gasteiger partial charge in [0, 0.05) is 37.7 Å². The molecule has 1 aromatic carbocycles. The summed E-state index contributed by atoms with van der Waals surface area (Å²) in [6, 6.07) is 6.96. The van der Waals surface area contributed by atoms with Crippen molar-refractivity contribution in [2.24, 2.45) is 10.7 Å². The summed E-state index contributed by atoms with van der Waals surface area (Å²) in [5, 5.41) is 0. The first kappa shape index (κ1) is 19.7. The van der Waals surface area contributed by atoms with Crippen LogP contribution in [0.5, 0.6) is 0 Å². The number of nitrogens with two attached hydrogens (primary N) is 1. The number of aliphatic imine (C=N–C) groups is 1. The first-order chi connectivity index (χ1) is 11.5. The van der Waals surface area contributed by atoms with Gasteiger partial charge in [0.05, 0.1) is 4.90 Å². The number of nitrogens with zero attached hydrogens (tertiary/aromatic N) is 2. The fourth-order valence-corrected chi connectivity index (χ4v) is 4.23. The van der Waals surface area contributed by atoms with Crippen LogP contribution in [0.15, 0.2) is 34.2 Å². The molecule has 2 aliphatic heterocycles. The van der Waals surface area contributed by atoms with Crippen LogP contribution in [-0.4, -0.2) is 50.7 Å². The summed E-state index contributed by atoms with van der Waals surface area (Å²) in [5.41, 5.74) is 6.43. The number of amides is 1. The van der Waals surface area contributed by atoms with Crippen LogP contribution in [0.3, 0.4) is 0 Å². The highest BCUT2D eigenvalue weighted by Gasteiger charge is 2.29. The number of fused-ring (bicyclic) bond motifs is 1. The molecule has 0 aliphatic carbocycles. The smallest absolute Gasteiger partial charge is 0.263 e. The lowest BCUT2D eigenvalue weighted by Gasteiger charge is -2.30. The van der Waals surface area contributed by atoms with E-state index in [0.29, 0.717) is 30.8 Å². The van der Waals surface area contributed by atoms with Crippen LogP contribution in [0.4, 0.5) is 0 Å². The second kappa shape index (κ2) is 8.16. The number of halogens is 1. The second-order valence-electron chi connectivity index (χ2n) is 6.15. The van der Waals surface area contributed by atoms with E-state index in [4.69, 9.17) is 5.73 Å². The minimum absolute atomic E-state index is 0. The molecule has 0 spiro atoms. The lowest BCUT2D eigenvalue weighted by Crippen LogP contribution is -2.42. The molecule has 9 heteroatoms. The Morgan fingerprint density at radius 2 is 1.96 bits per heavy atom. The summed E-state index contributed by atoms with van der Waals surface area (Å²) in [7, 11) is -3.50. The van der Waals surface area contributed by atoms with Crippen LogP contribution in [0.1, 0.15) is 31.2 Å². The minimum atomic E-state index is -3.50. The monoisotopic (exact) mass is 386 g/mol. The van der Waals surface area contributed by atoms with Crippen molar-refractivity contribution in [3.8, 4) is 0 Å². The Morgan fingerprint density at radius 3 is 2.68 bits per heavy atom. The third kappa shape index (κ3) is 4.50. The fourth-order valence-electron chi connectivity index (χ4n) is 2.98. The van der Waals surface area contributed by atoms with Gasteiger partial charge in [0.15, 0.2) is 0 Å². The summed E-state index contributed by atoms with van der Waals surface area (Å²) >= 11 is 0. The van der Waals surface area contributed by atoms with Crippen molar-refractivity contribution in [1.82, 2.24) is 9.62 Å². The van der Waals surface area contributed by atoms with Gasteiger partial charge in [0.1, 0.15) is 5.84 Å². The van der Waals surface area contributed by atoms with E-state index in [9.17, 15) is 13.2 Å². The zero-order valence-electron chi connectivity index (χ0n) is 13.8. The molecule has 0 radical (unpaired) electrons. The summed E-state index contributed by atoms with van der Waals surface area (Å²) < 4.78 is 26.4. The molecular formula is C16H23ClN4O3S. The lowest BCUT2D eigenvalue weighted by atomic mass is 10.1. The number of hydrogen-bond acceptors (Lipinski definition) is 5. The van der Waals surface area contributed by atoms with Crippen molar-refractivity contribution >= 4 is 34.2 Å². The second-order valence-corrected chi connectivity index (χ2v) is 7.80. The van der Waals surface area contributed by atoms with Gasteiger partial charge in [-0.2, -0.15) is 0 Å². The van der Waals surface area contributed by atoms with Crippen LogP contribution in [-0.2, 0) is 14.8 Å². The van der Waals surface area contributed by atoms with E-state index >= 15 is 0 Å². The maximum atomic E-state index is 12.1. The highest BCUT2D eigenvalue weighted by molar-refractivity contribution is 7.90. The van der Waals surface area contributed by atoms with E-state index in [0.717, 1.165) is 25.9 Å². The molecule has 0 saturated carbocycles. The highest BCUT2D eigenvalue weighted by Crippen LogP contribution is 2.22. The highest BCUT2D eigenvalue weighted by atomic mass is 35.5. The number of rotatable bonds is 4. The molecule has 3 N–H and O–H groups in total. The summed E-state index contributed by atoms with van der Waals surface area (Å²) in [6.45, 7) is 1.86. The number of nitrogens with one attached hydrogen (secondary N) is 1. The summed E-state index contributed by atoms with van der Waals surface area (Å²) in [4.78, 5) is 18.6. The summed E-state index contributed by atoms with van der Waals surface area (Å²) in [6.07, 6.45) is 2.72. The predicted molar refractivity (Wildman–Crippen MR) is 98.4 cm³/mol. The molecule has 2 aliphatic rings. The number of piperidine rings is 1. The van der Waals surface area contributed by atoms with Gasteiger partial charge in [-0.15, -0.1) is 12.4 Å². The lowest BCUT2D eigenvalue weighted by molar-refractivity contribution is -0.132. The van der Waals surface area contributed by atoms with Gasteiger partial charge in [0.25, 0.3) is 10.0 Å². The molecule has 0 bridgehead atoms. The molecule has 0 aromatic heterocycles. The van der Waals surface area contributed by atoms with Crippen molar-refractivity contribution in [3.63, 3.8) is 0 Å². The molecule has 7 nitrogen and oxygen atoms in total. The Balaban J connectivity index is 0.00000225. The Labute approximate surface area is 154 Å². The Hall–Kier alpha value is -1.64. The van der Waals surface area contributed by atoms with Gasteiger partial charge < -0.3 is 10.6 Å². The van der Waals surface area contributed by atoms with Crippen molar-refractivity contribution in [1.29, 1.82) is 0 Å². The predicted octanol–water partition coefficient (Wildman–Crippen LogP) is 0.877. The molecule has 1 aromatic rings. The van der Waals surface area contributed by atoms with E-state index in [-0.39, 0.29) is 29.3 Å². The van der Waals surface area contributed by atoms with E-state index in [1.807, 2.05) is 4.90 Å². The number of sulfonamides is 1. The fraction of sp³-hybridized carbons (Fsp3) is 0.500. The van der Waals surface area contributed by atoms with Gasteiger partial charge in [-0.3, -0.25) is 14.5 Å². The van der Waals surface area contributed by atoms with Crippen LogP contribution in [0, 0.1) is 0 Å². The van der Waals surface area contributed by atoms with Gasteiger partial charge >= 0.3 is 0 Å². The largest absolute Gasteiger partial charge is 0.343 e. The van der Waals surface area contributed by atoms with Crippen LogP contribution < -0.4 is 10.5 Å². The number of likely N-dealkylation sites (tertiary alicyclic amines) is 1. The topological polar surface area (TPSA) is 105 Å². The molecule has 0 unspecified atom stereocenters.